The van der Waals surface area contributed by atoms with Gasteiger partial charge in [0.1, 0.15) is 29.8 Å². The van der Waals surface area contributed by atoms with Gasteiger partial charge < -0.3 is 25.5 Å². The molecule has 0 aromatic heterocycles. The lowest BCUT2D eigenvalue weighted by molar-refractivity contribution is -0.0540. The minimum atomic E-state index is -1.79. The summed E-state index contributed by atoms with van der Waals surface area (Å²) in [6, 6.07) is 17.5. The van der Waals surface area contributed by atoms with Gasteiger partial charge in [0.05, 0.1) is 0 Å². The van der Waals surface area contributed by atoms with Crippen molar-refractivity contribution in [2.45, 2.75) is 18.3 Å². The van der Waals surface area contributed by atoms with Gasteiger partial charge in [-0.25, -0.2) is 0 Å². The molecule has 2 aromatic carbocycles. The molecule has 5 heteroatoms. The normalized spacial score (nSPS) is 16.5. The maximum absolute atomic E-state index is 9.98. The van der Waals surface area contributed by atoms with Crippen LogP contribution < -0.4 is 0 Å². The molecule has 3 atom stereocenters. The molecule has 0 bridgehead atoms. The van der Waals surface area contributed by atoms with Crippen molar-refractivity contribution in [2.24, 2.45) is 0 Å². The molecule has 0 spiro atoms. The van der Waals surface area contributed by atoms with Gasteiger partial charge in [0.25, 0.3) is 0 Å². The third kappa shape index (κ3) is 4.70. The van der Waals surface area contributed by atoms with Crippen LogP contribution in [0.15, 0.2) is 72.2 Å². The molecule has 2 aromatic rings. The quantitative estimate of drug-likeness (QED) is 0.524. The second-order valence-corrected chi connectivity index (χ2v) is 5.34. The van der Waals surface area contributed by atoms with Crippen molar-refractivity contribution in [2.75, 3.05) is 0 Å². The first kappa shape index (κ1) is 17.7. The molecule has 0 fully saturated rings. The molecule has 0 aliphatic carbocycles. The standard InChI is InChI=1S/C19H20O5/c20-15(11-13-7-3-1-4-8-13)17(22)19(24)18(23)16(21)12-14-9-5-2-6-10-14/h1-12,17-24H/t17-,18+,19+. The van der Waals surface area contributed by atoms with Gasteiger partial charge in [-0.2, -0.15) is 0 Å². The van der Waals surface area contributed by atoms with Crippen molar-refractivity contribution in [1.82, 2.24) is 0 Å². The molecule has 0 heterocycles. The van der Waals surface area contributed by atoms with E-state index in [-0.39, 0.29) is 0 Å². The third-order valence-corrected chi connectivity index (χ3v) is 3.48. The largest absolute Gasteiger partial charge is 0.509 e. The van der Waals surface area contributed by atoms with Crippen LogP contribution in [0.2, 0.25) is 0 Å². The Morgan fingerprint density at radius 2 is 0.958 bits per heavy atom. The minimum absolute atomic E-state index is 0.514. The predicted molar refractivity (Wildman–Crippen MR) is 92.1 cm³/mol. The van der Waals surface area contributed by atoms with E-state index in [1.807, 2.05) is 0 Å². The summed E-state index contributed by atoms with van der Waals surface area (Å²) in [5, 5.41) is 49.7. The maximum atomic E-state index is 9.98. The molecule has 126 valence electrons. The summed E-state index contributed by atoms with van der Waals surface area (Å²) in [5.74, 6) is -1.03. The summed E-state index contributed by atoms with van der Waals surface area (Å²) in [5.41, 5.74) is 1.25. The number of rotatable bonds is 6. The van der Waals surface area contributed by atoms with E-state index in [2.05, 4.69) is 0 Å². The molecule has 0 saturated carbocycles. The zero-order chi connectivity index (χ0) is 17.5. The van der Waals surface area contributed by atoms with Gasteiger partial charge >= 0.3 is 0 Å². The third-order valence-electron chi connectivity index (χ3n) is 3.48. The fourth-order valence-corrected chi connectivity index (χ4v) is 2.13. The Hall–Kier alpha value is -2.60. The van der Waals surface area contributed by atoms with Crippen LogP contribution in [0.3, 0.4) is 0 Å². The van der Waals surface area contributed by atoms with Crippen molar-refractivity contribution >= 4 is 12.2 Å². The van der Waals surface area contributed by atoms with E-state index in [0.717, 1.165) is 0 Å². The van der Waals surface area contributed by atoms with Crippen LogP contribution >= 0.6 is 0 Å². The van der Waals surface area contributed by atoms with E-state index >= 15 is 0 Å². The first-order valence-corrected chi connectivity index (χ1v) is 7.44. The molecule has 0 aliphatic rings. The fourth-order valence-electron chi connectivity index (χ4n) is 2.13. The second-order valence-electron chi connectivity index (χ2n) is 5.34. The van der Waals surface area contributed by atoms with Crippen LogP contribution in [0.4, 0.5) is 0 Å². The number of benzene rings is 2. The van der Waals surface area contributed by atoms with Gasteiger partial charge in [0.2, 0.25) is 0 Å². The van der Waals surface area contributed by atoms with E-state index in [1.54, 1.807) is 60.7 Å². The van der Waals surface area contributed by atoms with Gasteiger partial charge in [-0.15, -0.1) is 0 Å². The van der Waals surface area contributed by atoms with Crippen LogP contribution in [0.1, 0.15) is 11.1 Å². The van der Waals surface area contributed by atoms with Gasteiger partial charge in [-0.3, -0.25) is 0 Å². The first-order valence-electron chi connectivity index (χ1n) is 7.44. The molecule has 0 aliphatic heterocycles. The smallest absolute Gasteiger partial charge is 0.140 e. The molecule has 0 radical (unpaired) electrons. The SMILES string of the molecule is OC(=Cc1ccccc1)[C@@H](O)[C@H](O)[C@@H](O)C(O)=Cc1ccccc1. The zero-order valence-electron chi connectivity index (χ0n) is 12.9. The van der Waals surface area contributed by atoms with Crippen molar-refractivity contribution in [3.63, 3.8) is 0 Å². The Balaban J connectivity index is 2.10. The Kier molecular flexibility index (Phi) is 6.14. The topological polar surface area (TPSA) is 101 Å². The van der Waals surface area contributed by atoms with Crippen LogP contribution in [0, 0.1) is 0 Å². The Bertz CT molecular complexity index is 633. The highest BCUT2D eigenvalue weighted by molar-refractivity contribution is 5.53. The summed E-state index contributed by atoms with van der Waals surface area (Å²) in [7, 11) is 0. The highest BCUT2D eigenvalue weighted by Crippen LogP contribution is 2.17. The molecule has 5 N–H and O–H groups in total. The monoisotopic (exact) mass is 328 g/mol. The summed E-state index contributed by atoms with van der Waals surface area (Å²) in [6.07, 6.45) is -2.72. The summed E-state index contributed by atoms with van der Waals surface area (Å²) >= 11 is 0. The Morgan fingerprint density at radius 3 is 1.29 bits per heavy atom. The van der Waals surface area contributed by atoms with Crippen LogP contribution in [0.25, 0.3) is 12.2 Å². The average Bonchev–Trinajstić information content (AvgIpc) is 2.61. The van der Waals surface area contributed by atoms with Gasteiger partial charge in [0.15, 0.2) is 0 Å². The van der Waals surface area contributed by atoms with Gasteiger partial charge in [-0.1, -0.05) is 60.7 Å². The number of aliphatic hydroxyl groups excluding tert-OH is 5. The lowest BCUT2D eigenvalue weighted by atomic mass is 10.0. The lowest BCUT2D eigenvalue weighted by Crippen LogP contribution is -2.39. The van der Waals surface area contributed by atoms with Crippen molar-refractivity contribution in [3.8, 4) is 0 Å². The van der Waals surface area contributed by atoms with Crippen molar-refractivity contribution in [3.05, 3.63) is 83.3 Å². The van der Waals surface area contributed by atoms with E-state index in [1.165, 1.54) is 12.2 Å². The van der Waals surface area contributed by atoms with E-state index in [0.29, 0.717) is 11.1 Å². The van der Waals surface area contributed by atoms with Crippen LogP contribution in [-0.2, 0) is 0 Å². The van der Waals surface area contributed by atoms with Crippen molar-refractivity contribution < 1.29 is 25.5 Å². The lowest BCUT2D eigenvalue weighted by Gasteiger charge is -2.22. The molecule has 5 nitrogen and oxygen atoms in total. The summed E-state index contributed by atoms with van der Waals surface area (Å²) in [6.45, 7) is 0. The van der Waals surface area contributed by atoms with E-state index in [9.17, 15) is 25.5 Å². The summed E-state index contributed by atoms with van der Waals surface area (Å²) in [4.78, 5) is 0. The molecule has 2 rings (SSSR count). The molecule has 24 heavy (non-hydrogen) atoms. The first-order chi connectivity index (χ1) is 11.5. The number of aliphatic hydroxyl groups is 5. The highest BCUT2D eigenvalue weighted by atomic mass is 16.4. The number of hydrogen-bond donors (Lipinski definition) is 5. The van der Waals surface area contributed by atoms with Crippen LogP contribution in [0.5, 0.6) is 0 Å². The van der Waals surface area contributed by atoms with Gasteiger partial charge in [-0.05, 0) is 23.3 Å². The zero-order valence-corrected chi connectivity index (χ0v) is 12.9. The molecule has 0 amide bonds. The van der Waals surface area contributed by atoms with Gasteiger partial charge in [0, 0.05) is 0 Å². The summed E-state index contributed by atoms with van der Waals surface area (Å²) < 4.78 is 0. The molecule has 0 unspecified atom stereocenters. The number of hydrogen-bond acceptors (Lipinski definition) is 5. The predicted octanol–water partition coefficient (Wildman–Crippen LogP) is 2.27. The Morgan fingerprint density at radius 1 is 0.625 bits per heavy atom. The minimum Gasteiger partial charge on any atom is -0.509 e. The second kappa shape index (κ2) is 8.31. The van der Waals surface area contributed by atoms with E-state index in [4.69, 9.17) is 0 Å². The average molecular weight is 328 g/mol. The highest BCUT2D eigenvalue weighted by Gasteiger charge is 2.30. The molecular formula is C19H20O5. The van der Waals surface area contributed by atoms with E-state index < -0.39 is 29.8 Å². The molecule has 0 saturated heterocycles. The Labute approximate surface area is 140 Å². The van der Waals surface area contributed by atoms with Crippen LogP contribution in [-0.4, -0.2) is 43.8 Å². The van der Waals surface area contributed by atoms with Crippen molar-refractivity contribution in [1.29, 1.82) is 0 Å². The maximum Gasteiger partial charge on any atom is 0.140 e. The molecular weight excluding hydrogens is 308 g/mol. The fraction of sp³-hybridized carbons (Fsp3) is 0.158.